The van der Waals surface area contributed by atoms with Crippen LogP contribution in [0.1, 0.15) is 23.2 Å². The minimum absolute atomic E-state index is 0.00258. The molecule has 1 aromatic carbocycles. The van der Waals surface area contributed by atoms with Crippen molar-refractivity contribution in [2.24, 2.45) is 0 Å². The van der Waals surface area contributed by atoms with Gasteiger partial charge in [0.15, 0.2) is 0 Å². The van der Waals surface area contributed by atoms with E-state index in [1.807, 2.05) is 18.2 Å². The number of aromatic amines is 1. The second kappa shape index (κ2) is 6.74. The highest BCUT2D eigenvalue weighted by Crippen LogP contribution is 2.17. The number of nitrogens with zero attached hydrogens (tertiary/aromatic N) is 2. The Labute approximate surface area is 141 Å². The molecule has 0 atom stereocenters. The molecule has 0 aliphatic carbocycles. The Hall–Kier alpha value is -2.19. The van der Waals surface area contributed by atoms with Crippen LogP contribution in [-0.4, -0.2) is 54.2 Å². The van der Waals surface area contributed by atoms with Crippen LogP contribution in [0.4, 0.5) is 0 Å². The molecule has 0 bridgehead atoms. The third kappa shape index (κ3) is 3.82. The van der Waals surface area contributed by atoms with Crippen LogP contribution in [0, 0.1) is 0 Å². The maximum absolute atomic E-state index is 12.3. The normalized spacial score (nSPS) is 16.9. The maximum Gasteiger partial charge on any atom is 0.251 e. The number of carbonyl (C=O) groups excluding carboxylic acids is 1. The molecule has 3 rings (SSSR count). The van der Waals surface area contributed by atoms with Crippen molar-refractivity contribution in [1.82, 2.24) is 19.8 Å². The van der Waals surface area contributed by atoms with Gasteiger partial charge in [-0.2, -0.15) is 5.10 Å². The van der Waals surface area contributed by atoms with Gasteiger partial charge in [0.05, 0.1) is 11.9 Å². The van der Waals surface area contributed by atoms with Crippen molar-refractivity contribution in [3.8, 4) is 11.3 Å². The number of H-pyrrole nitrogens is 1. The van der Waals surface area contributed by atoms with Crippen LogP contribution >= 0.6 is 0 Å². The van der Waals surface area contributed by atoms with Gasteiger partial charge in [-0.25, -0.2) is 12.7 Å². The largest absolute Gasteiger partial charge is 0.349 e. The van der Waals surface area contributed by atoms with Gasteiger partial charge in [-0.15, -0.1) is 0 Å². The minimum atomic E-state index is -3.14. The highest BCUT2D eigenvalue weighted by molar-refractivity contribution is 7.88. The average molecular weight is 348 g/mol. The van der Waals surface area contributed by atoms with Gasteiger partial charge in [-0.05, 0) is 36.6 Å². The number of hydrogen-bond acceptors (Lipinski definition) is 4. The van der Waals surface area contributed by atoms with Crippen LogP contribution in [0.3, 0.4) is 0 Å². The van der Waals surface area contributed by atoms with Crippen LogP contribution in [0.15, 0.2) is 36.5 Å². The van der Waals surface area contributed by atoms with Crippen LogP contribution < -0.4 is 5.32 Å². The van der Waals surface area contributed by atoms with E-state index in [0.29, 0.717) is 31.5 Å². The van der Waals surface area contributed by atoms with Gasteiger partial charge < -0.3 is 5.32 Å². The molecule has 0 radical (unpaired) electrons. The Kier molecular flexibility index (Phi) is 4.68. The lowest BCUT2D eigenvalue weighted by atomic mass is 10.1. The molecule has 1 fully saturated rings. The molecule has 8 heteroatoms. The molecule has 128 valence electrons. The van der Waals surface area contributed by atoms with E-state index in [-0.39, 0.29) is 11.9 Å². The van der Waals surface area contributed by atoms with Crippen LogP contribution in [0.25, 0.3) is 11.3 Å². The zero-order chi connectivity index (χ0) is 17.2. The molecule has 24 heavy (non-hydrogen) atoms. The molecule has 0 saturated carbocycles. The maximum atomic E-state index is 12.3. The molecule has 7 nitrogen and oxygen atoms in total. The van der Waals surface area contributed by atoms with Gasteiger partial charge in [0.2, 0.25) is 10.0 Å². The number of carbonyl (C=O) groups is 1. The van der Waals surface area contributed by atoms with Crippen molar-refractivity contribution in [3.05, 3.63) is 42.1 Å². The molecule has 0 spiro atoms. The average Bonchev–Trinajstić information content (AvgIpc) is 3.09. The van der Waals surface area contributed by atoms with Crippen molar-refractivity contribution >= 4 is 15.9 Å². The first-order chi connectivity index (χ1) is 11.4. The quantitative estimate of drug-likeness (QED) is 0.869. The third-order valence-corrected chi connectivity index (χ3v) is 5.52. The highest BCUT2D eigenvalue weighted by atomic mass is 32.2. The number of hydrogen-bond donors (Lipinski definition) is 2. The fraction of sp³-hybridized carbons (Fsp3) is 0.375. The fourth-order valence-corrected chi connectivity index (χ4v) is 3.69. The second-order valence-electron chi connectivity index (χ2n) is 5.96. The first-order valence-electron chi connectivity index (χ1n) is 7.79. The number of benzene rings is 1. The van der Waals surface area contributed by atoms with Gasteiger partial charge in [-0.1, -0.05) is 12.1 Å². The van der Waals surface area contributed by atoms with Crippen LogP contribution in [-0.2, 0) is 10.0 Å². The summed E-state index contributed by atoms with van der Waals surface area (Å²) in [6.07, 6.45) is 4.15. The SMILES string of the molecule is CS(=O)(=O)N1CCC(NC(=O)c2ccc(-c3ccn[nH]3)cc2)CC1. The molecule has 1 aliphatic rings. The van der Waals surface area contributed by atoms with Crippen LogP contribution in [0.2, 0.25) is 0 Å². The lowest BCUT2D eigenvalue weighted by molar-refractivity contribution is 0.0924. The molecule has 1 amide bonds. The number of rotatable bonds is 4. The van der Waals surface area contributed by atoms with Gasteiger partial charge in [-0.3, -0.25) is 9.89 Å². The van der Waals surface area contributed by atoms with E-state index >= 15 is 0 Å². The van der Waals surface area contributed by atoms with Gasteiger partial charge >= 0.3 is 0 Å². The van der Waals surface area contributed by atoms with E-state index in [1.165, 1.54) is 10.6 Å². The fourth-order valence-electron chi connectivity index (χ4n) is 2.82. The van der Waals surface area contributed by atoms with E-state index in [9.17, 15) is 13.2 Å². The molecule has 1 saturated heterocycles. The molecule has 0 unspecified atom stereocenters. The Bertz CT molecular complexity index is 792. The van der Waals surface area contributed by atoms with Crippen molar-refractivity contribution in [3.63, 3.8) is 0 Å². The van der Waals surface area contributed by atoms with Crippen LogP contribution in [0.5, 0.6) is 0 Å². The summed E-state index contributed by atoms with van der Waals surface area (Å²) in [5.41, 5.74) is 2.45. The second-order valence-corrected chi connectivity index (χ2v) is 7.94. The highest BCUT2D eigenvalue weighted by Gasteiger charge is 2.25. The van der Waals surface area contributed by atoms with E-state index in [0.717, 1.165) is 11.3 Å². The summed E-state index contributed by atoms with van der Waals surface area (Å²) in [6.45, 7) is 0.894. The van der Waals surface area contributed by atoms with E-state index in [4.69, 9.17) is 0 Å². The van der Waals surface area contributed by atoms with E-state index in [2.05, 4.69) is 15.5 Å². The topological polar surface area (TPSA) is 95.2 Å². The molecular weight excluding hydrogens is 328 g/mol. The summed E-state index contributed by atoms with van der Waals surface area (Å²) in [4.78, 5) is 12.3. The summed E-state index contributed by atoms with van der Waals surface area (Å²) in [7, 11) is -3.14. The molecule has 2 heterocycles. The molecule has 1 aromatic heterocycles. The molecular formula is C16H20N4O3S. The zero-order valence-electron chi connectivity index (χ0n) is 13.4. The molecule has 1 aliphatic heterocycles. The Morgan fingerprint density at radius 1 is 1.21 bits per heavy atom. The van der Waals surface area contributed by atoms with Crippen molar-refractivity contribution in [2.45, 2.75) is 18.9 Å². The first-order valence-corrected chi connectivity index (χ1v) is 9.64. The van der Waals surface area contributed by atoms with Gasteiger partial charge in [0.25, 0.3) is 5.91 Å². The first kappa shape index (κ1) is 16.7. The Balaban J connectivity index is 1.58. The lowest BCUT2D eigenvalue weighted by Crippen LogP contribution is -2.46. The predicted molar refractivity (Wildman–Crippen MR) is 90.9 cm³/mol. The lowest BCUT2D eigenvalue weighted by Gasteiger charge is -2.30. The third-order valence-electron chi connectivity index (χ3n) is 4.22. The van der Waals surface area contributed by atoms with E-state index in [1.54, 1.807) is 18.3 Å². The smallest absolute Gasteiger partial charge is 0.251 e. The number of amides is 1. The zero-order valence-corrected chi connectivity index (χ0v) is 14.2. The summed E-state index contributed by atoms with van der Waals surface area (Å²) in [5, 5.41) is 9.77. The number of piperidine rings is 1. The number of nitrogens with one attached hydrogen (secondary N) is 2. The summed E-state index contributed by atoms with van der Waals surface area (Å²) < 4.78 is 24.4. The summed E-state index contributed by atoms with van der Waals surface area (Å²) in [6, 6.07) is 9.16. The number of aromatic nitrogens is 2. The van der Waals surface area contributed by atoms with Crippen molar-refractivity contribution in [1.29, 1.82) is 0 Å². The monoisotopic (exact) mass is 348 g/mol. The van der Waals surface area contributed by atoms with Gasteiger partial charge in [0.1, 0.15) is 0 Å². The van der Waals surface area contributed by atoms with Crippen molar-refractivity contribution in [2.75, 3.05) is 19.3 Å². The standard InChI is InChI=1S/C16H20N4O3S/c1-24(22,23)20-10-7-14(8-11-20)18-16(21)13-4-2-12(3-5-13)15-6-9-17-19-15/h2-6,9,14H,7-8,10-11H2,1H3,(H,17,19)(H,18,21). The minimum Gasteiger partial charge on any atom is -0.349 e. The molecule has 2 N–H and O–H groups in total. The Morgan fingerprint density at radius 2 is 1.88 bits per heavy atom. The predicted octanol–water partition coefficient (Wildman–Crippen LogP) is 1.23. The molecule has 2 aromatic rings. The summed E-state index contributed by atoms with van der Waals surface area (Å²) in [5.74, 6) is -0.135. The van der Waals surface area contributed by atoms with E-state index < -0.39 is 10.0 Å². The van der Waals surface area contributed by atoms with Gasteiger partial charge in [0, 0.05) is 30.9 Å². The Morgan fingerprint density at radius 3 is 2.42 bits per heavy atom. The van der Waals surface area contributed by atoms with Crippen molar-refractivity contribution < 1.29 is 13.2 Å². The number of sulfonamides is 1. The summed E-state index contributed by atoms with van der Waals surface area (Å²) >= 11 is 0.